The summed E-state index contributed by atoms with van der Waals surface area (Å²) in [5.74, 6) is -0.538. The molecular formula is C18H18BrFN2O3. The number of amides is 2. The van der Waals surface area contributed by atoms with Crippen LogP contribution in [0.2, 0.25) is 0 Å². The van der Waals surface area contributed by atoms with Crippen LogP contribution in [-0.2, 0) is 0 Å². The summed E-state index contributed by atoms with van der Waals surface area (Å²) in [7, 11) is 1.52. The third-order valence-electron chi connectivity index (χ3n) is 3.55. The van der Waals surface area contributed by atoms with Crippen LogP contribution in [-0.4, -0.2) is 32.0 Å². The van der Waals surface area contributed by atoms with E-state index in [9.17, 15) is 14.0 Å². The van der Waals surface area contributed by atoms with Gasteiger partial charge in [-0.05, 0) is 58.7 Å². The van der Waals surface area contributed by atoms with Gasteiger partial charge in [0.15, 0.2) is 0 Å². The van der Waals surface area contributed by atoms with E-state index in [4.69, 9.17) is 4.74 Å². The number of nitrogens with one attached hydrogen (secondary N) is 2. The van der Waals surface area contributed by atoms with Gasteiger partial charge in [-0.1, -0.05) is 6.07 Å². The van der Waals surface area contributed by atoms with E-state index in [-0.39, 0.29) is 24.6 Å². The van der Waals surface area contributed by atoms with Crippen molar-refractivity contribution in [3.05, 3.63) is 63.4 Å². The number of hydrogen-bond acceptors (Lipinski definition) is 3. The molecule has 0 atom stereocenters. The van der Waals surface area contributed by atoms with Crippen LogP contribution in [0.5, 0.6) is 5.75 Å². The molecule has 0 saturated carbocycles. The van der Waals surface area contributed by atoms with E-state index in [1.165, 1.54) is 13.2 Å². The monoisotopic (exact) mass is 408 g/mol. The van der Waals surface area contributed by atoms with E-state index >= 15 is 0 Å². The summed E-state index contributed by atoms with van der Waals surface area (Å²) in [6.07, 6.45) is 0. The Kier molecular flexibility index (Phi) is 6.52. The lowest BCUT2D eigenvalue weighted by Gasteiger charge is -2.10. The average molecular weight is 409 g/mol. The van der Waals surface area contributed by atoms with E-state index in [0.29, 0.717) is 21.3 Å². The molecule has 2 aromatic rings. The molecule has 2 amide bonds. The van der Waals surface area contributed by atoms with Crippen molar-refractivity contribution in [1.82, 2.24) is 10.6 Å². The Morgan fingerprint density at radius 3 is 2.40 bits per heavy atom. The maximum atomic E-state index is 13.5. The molecule has 5 nitrogen and oxygen atoms in total. The minimum atomic E-state index is -0.427. The lowest BCUT2D eigenvalue weighted by atomic mass is 10.1. The second-order valence-electron chi connectivity index (χ2n) is 5.32. The molecule has 2 rings (SSSR count). The number of hydrogen-bond donors (Lipinski definition) is 2. The summed E-state index contributed by atoms with van der Waals surface area (Å²) in [5.41, 5.74) is 1.16. The lowest BCUT2D eigenvalue weighted by Crippen LogP contribution is -2.34. The first-order valence-corrected chi connectivity index (χ1v) is 8.37. The molecule has 0 aliphatic rings. The van der Waals surface area contributed by atoms with Gasteiger partial charge in [0.1, 0.15) is 11.6 Å². The predicted octanol–water partition coefficient (Wildman–Crippen LogP) is 3.07. The van der Waals surface area contributed by atoms with Crippen molar-refractivity contribution in [2.45, 2.75) is 6.92 Å². The van der Waals surface area contributed by atoms with Crippen LogP contribution in [0.3, 0.4) is 0 Å². The SMILES string of the molecule is COc1ccc(Br)c(C(=O)NCCNC(=O)c2ccc(C)c(F)c2)c1. The highest BCUT2D eigenvalue weighted by Crippen LogP contribution is 2.22. The van der Waals surface area contributed by atoms with Crippen LogP contribution in [0.1, 0.15) is 26.3 Å². The summed E-state index contributed by atoms with van der Waals surface area (Å²) >= 11 is 3.31. The first-order chi connectivity index (χ1) is 11.9. The largest absolute Gasteiger partial charge is 0.497 e. The van der Waals surface area contributed by atoms with E-state index < -0.39 is 11.7 Å². The Labute approximate surface area is 153 Å². The van der Waals surface area contributed by atoms with Crippen LogP contribution in [0.15, 0.2) is 40.9 Å². The minimum Gasteiger partial charge on any atom is -0.497 e. The number of carbonyl (C=O) groups excluding carboxylic acids is 2. The van der Waals surface area contributed by atoms with Gasteiger partial charge in [0, 0.05) is 23.1 Å². The van der Waals surface area contributed by atoms with E-state index in [1.54, 1.807) is 37.3 Å². The van der Waals surface area contributed by atoms with Crippen LogP contribution in [0.4, 0.5) is 4.39 Å². The minimum absolute atomic E-state index is 0.224. The quantitative estimate of drug-likeness (QED) is 0.721. The molecule has 25 heavy (non-hydrogen) atoms. The molecule has 0 aromatic heterocycles. The van der Waals surface area contributed by atoms with E-state index in [2.05, 4.69) is 26.6 Å². The Balaban J connectivity index is 1.85. The number of carbonyl (C=O) groups is 2. The Morgan fingerprint density at radius 1 is 1.08 bits per heavy atom. The highest BCUT2D eigenvalue weighted by molar-refractivity contribution is 9.10. The van der Waals surface area contributed by atoms with Gasteiger partial charge < -0.3 is 15.4 Å². The summed E-state index contributed by atoms with van der Waals surface area (Å²) in [6, 6.07) is 9.37. The summed E-state index contributed by atoms with van der Waals surface area (Å²) < 4.78 is 19.2. The second kappa shape index (κ2) is 8.62. The summed E-state index contributed by atoms with van der Waals surface area (Å²) in [4.78, 5) is 24.1. The van der Waals surface area contributed by atoms with Crippen LogP contribution < -0.4 is 15.4 Å². The van der Waals surface area contributed by atoms with Crippen LogP contribution >= 0.6 is 15.9 Å². The first kappa shape index (κ1) is 18.9. The number of rotatable bonds is 6. The van der Waals surface area contributed by atoms with Crippen molar-refractivity contribution >= 4 is 27.7 Å². The Hall–Kier alpha value is -2.41. The zero-order valence-electron chi connectivity index (χ0n) is 13.9. The maximum Gasteiger partial charge on any atom is 0.252 e. The van der Waals surface area contributed by atoms with Gasteiger partial charge in [0.25, 0.3) is 11.8 Å². The highest BCUT2D eigenvalue weighted by Gasteiger charge is 2.12. The molecule has 0 unspecified atom stereocenters. The average Bonchev–Trinajstić information content (AvgIpc) is 2.61. The summed E-state index contributed by atoms with van der Waals surface area (Å²) in [6.45, 7) is 2.09. The van der Waals surface area contributed by atoms with Crippen molar-refractivity contribution in [1.29, 1.82) is 0 Å². The van der Waals surface area contributed by atoms with Gasteiger partial charge in [-0.25, -0.2) is 4.39 Å². The molecule has 0 fully saturated rings. The van der Waals surface area contributed by atoms with Crippen LogP contribution in [0.25, 0.3) is 0 Å². The fourth-order valence-electron chi connectivity index (χ4n) is 2.09. The molecular weight excluding hydrogens is 391 g/mol. The van der Waals surface area contributed by atoms with Gasteiger partial charge in [0.05, 0.1) is 12.7 Å². The molecule has 0 radical (unpaired) electrons. The summed E-state index contributed by atoms with van der Waals surface area (Å²) in [5, 5.41) is 5.34. The van der Waals surface area contributed by atoms with Crippen LogP contribution in [0, 0.1) is 12.7 Å². The van der Waals surface area contributed by atoms with Crippen molar-refractivity contribution in [2.75, 3.05) is 20.2 Å². The topological polar surface area (TPSA) is 67.4 Å². The second-order valence-corrected chi connectivity index (χ2v) is 6.18. The number of ether oxygens (including phenoxy) is 1. The molecule has 0 saturated heterocycles. The van der Waals surface area contributed by atoms with E-state index in [1.807, 2.05) is 0 Å². The molecule has 2 N–H and O–H groups in total. The number of methoxy groups -OCH3 is 1. The third kappa shape index (κ3) is 5.03. The van der Waals surface area contributed by atoms with Crippen molar-refractivity contribution < 1.29 is 18.7 Å². The van der Waals surface area contributed by atoms with E-state index in [0.717, 1.165) is 0 Å². The molecule has 0 spiro atoms. The fraction of sp³-hybridized carbons (Fsp3) is 0.222. The number of halogens is 2. The normalized spacial score (nSPS) is 10.2. The molecule has 0 aliphatic heterocycles. The first-order valence-electron chi connectivity index (χ1n) is 7.58. The maximum absolute atomic E-state index is 13.5. The van der Waals surface area contributed by atoms with Gasteiger partial charge in [-0.2, -0.15) is 0 Å². The Morgan fingerprint density at radius 2 is 1.76 bits per heavy atom. The zero-order valence-corrected chi connectivity index (χ0v) is 15.4. The van der Waals surface area contributed by atoms with Gasteiger partial charge in [0.2, 0.25) is 0 Å². The zero-order chi connectivity index (χ0) is 18.4. The molecule has 2 aromatic carbocycles. The fourth-order valence-corrected chi connectivity index (χ4v) is 2.52. The molecule has 0 heterocycles. The lowest BCUT2D eigenvalue weighted by molar-refractivity contribution is 0.0927. The van der Waals surface area contributed by atoms with Crippen molar-refractivity contribution in [3.8, 4) is 5.75 Å². The third-order valence-corrected chi connectivity index (χ3v) is 4.24. The van der Waals surface area contributed by atoms with Crippen molar-refractivity contribution in [3.63, 3.8) is 0 Å². The number of benzene rings is 2. The van der Waals surface area contributed by atoms with Gasteiger partial charge in [-0.3, -0.25) is 9.59 Å². The molecule has 0 aliphatic carbocycles. The van der Waals surface area contributed by atoms with Gasteiger partial charge in [-0.15, -0.1) is 0 Å². The Bertz CT molecular complexity index is 796. The van der Waals surface area contributed by atoms with Crippen molar-refractivity contribution in [2.24, 2.45) is 0 Å². The standard InChI is InChI=1S/C18H18BrFN2O3/c1-11-3-4-12(9-16(11)20)17(23)21-7-8-22-18(24)14-10-13(25-2)5-6-15(14)19/h3-6,9-10H,7-8H2,1-2H3,(H,21,23)(H,22,24). The smallest absolute Gasteiger partial charge is 0.252 e. The highest BCUT2D eigenvalue weighted by atomic mass is 79.9. The molecule has 7 heteroatoms. The molecule has 132 valence electrons. The number of aryl methyl sites for hydroxylation is 1. The van der Waals surface area contributed by atoms with Gasteiger partial charge >= 0.3 is 0 Å². The predicted molar refractivity (Wildman–Crippen MR) is 96.5 cm³/mol. The molecule has 0 bridgehead atoms.